The zero-order valence-electron chi connectivity index (χ0n) is 8.39. The quantitative estimate of drug-likeness (QED) is 0.905. The molecule has 15 heavy (non-hydrogen) atoms. The lowest BCUT2D eigenvalue weighted by atomic mass is 10.0. The van der Waals surface area contributed by atoms with Crippen molar-refractivity contribution in [3.8, 4) is 0 Å². The van der Waals surface area contributed by atoms with Gasteiger partial charge in [0, 0.05) is 23.3 Å². The Kier molecular flexibility index (Phi) is 2.88. The Morgan fingerprint density at radius 1 is 1.40 bits per heavy atom. The van der Waals surface area contributed by atoms with E-state index in [2.05, 4.69) is 21.0 Å². The van der Waals surface area contributed by atoms with Crippen LogP contribution in [-0.2, 0) is 7.05 Å². The summed E-state index contributed by atoms with van der Waals surface area (Å²) in [5, 5.41) is 4.11. The summed E-state index contributed by atoms with van der Waals surface area (Å²) in [6.45, 7) is 0. The van der Waals surface area contributed by atoms with Crippen LogP contribution in [0.2, 0.25) is 0 Å². The highest BCUT2D eigenvalue weighted by atomic mass is 79.9. The largest absolute Gasteiger partial charge is 0.320 e. The van der Waals surface area contributed by atoms with E-state index in [4.69, 9.17) is 5.73 Å². The molecule has 1 aromatic heterocycles. The predicted molar refractivity (Wildman–Crippen MR) is 63.4 cm³/mol. The summed E-state index contributed by atoms with van der Waals surface area (Å²) < 4.78 is 2.79. The number of nitrogens with two attached hydrogens (primary N) is 1. The molecule has 1 unspecified atom stereocenters. The third kappa shape index (κ3) is 2.11. The molecule has 2 aromatic rings. The molecule has 1 atom stereocenters. The van der Waals surface area contributed by atoms with Gasteiger partial charge in [-0.1, -0.05) is 34.1 Å². The van der Waals surface area contributed by atoms with Crippen molar-refractivity contribution in [2.45, 2.75) is 6.04 Å². The summed E-state index contributed by atoms with van der Waals surface area (Å²) in [6.07, 6.45) is 3.73. The predicted octanol–water partition coefficient (Wildman–Crippen LogP) is 2.23. The van der Waals surface area contributed by atoms with Crippen LogP contribution >= 0.6 is 15.9 Å². The van der Waals surface area contributed by atoms with Gasteiger partial charge >= 0.3 is 0 Å². The fourth-order valence-electron chi connectivity index (χ4n) is 1.51. The summed E-state index contributed by atoms with van der Waals surface area (Å²) in [5.74, 6) is 0. The van der Waals surface area contributed by atoms with E-state index in [-0.39, 0.29) is 6.04 Å². The number of hydrogen-bond acceptors (Lipinski definition) is 2. The number of aryl methyl sites for hydroxylation is 1. The molecule has 2 N–H and O–H groups in total. The number of aromatic nitrogens is 2. The molecule has 0 aliphatic heterocycles. The average molecular weight is 266 g/mol. The fraction of sp³-hybridized carbons (Fsp3) is 0.182. The van der Waals surface area contributed by atoms with Gasteiger partial charge in [0.25, 0.3) is 0 Å². The molecular weight excluding hydrogens is 254 g/mol. The normalized spacial score (nSPS) is 12.7. The second-order valence-corrected chi connectivity index (χ2v) is 4.30. The second-order valence-electron chi connectivity index (χ2n) is 3.45. The van der Waals surface area contributed by atoms with Crippen LogP contribution in [0.3, 0.4) is 0 Å². The molecule has 1 heterocycles. The van der Waals surface area contributed by atoms with Gasteiger partial charge in [-0.15, -0.1) is 0 Å². The van der Waals surface area contributed by atoms with Crippen LogP contribution in [0, 0.1) is 0 Å². The first-order valence-electron chi connectivity index (χ1n) is 4.67. The van der Waals surface area contributed by atoms with E-state index in [1.54, 1.807) is 10.9 Å². The lowest BCUT2D eigenvalue weighted by Crippen LogP contribution is -2.11. The molecule has 1 aromatic carbocycles. The van der Waals surface area contributed by atoms with E-state index in [9.17, 15) is 0 Å². The van der Waals surface area contributed by atoms with Crippen LogP contribution in [0.4, 0.5) is 0 Å². The number of rotatable bonds is 2. The molecule has 78 valence electrons. The number of nitrogens with zero attached hydrogens (tertiary/aromatic N) is 2. The van der Waals surface area contributed by atoms with Gasteiger partial charge in [-0.25, -0.2) is 0 Å². The lowest BCUT2D eigenvalue weighted by molar-refractivity contribution is 0.765. The van der Waals surface area contributed by atoms with Crippen molar-refractivity contribution in [2.24, 2.45) is 12.8 Å². The smallest absolute Gasteiger partial charge is 0.0594 e. The second kappa shape index (κ2) is 4.16. The van der Waals surface area contributed by atoms with Gasteiger partial charge in [0.1, 0.15) is 0 Å². The molecule has 0 saturated heterocycles. The molecule has 0 bridgehead atoms. The third-order valence-corrected chi connectivity index (χ3v) is 3.05. The zero-order valence-corrected chi connectivity index (χ0v) is 9.98. The van der Waals surface area contributed by atoms with E-state index in [0.29, 0.717) is 0 Å². The van der Waals surface area contributed by atoms with E-state index >= 15 is 0 Å². The Morgan fingerprint density at radius 3 is 2.73 bits per heavy atom. The van der Waals surface area contributed by atoms with Crippen LogP contribution in [0.5, 0.6) is 0 Å². The van der Waals surface area contributed by atoms with Crippen molar-refractivity contribution in [3.05, 3.63) is 52.3 Å². The summed E-state index contributed by atoms with van der Waals surface area (Å²) in [4.78, 5) is 0. The van der Waals surface area contributed by atoms with Crippen molar-refractivity contribution in [1.29, 1.82) is 0 Å². The number of benzene rings is 1. The summed E-state index contributed by atoms with van der Waals surface area (Å²) in [5.41, 5.74) is 8.24. The van der Waals surface area contributed by atoms with Crippen molar-refractivity contribution >= 4 is 15.9 Å². The van der Waals surface area contributed by atoms with Gasteiger partial charge in [-0.2, -0.15) is 5.10 Å². The van der Waals surface area contributed by atoms with Crippen LogP contribution < -0.4 is 5.73 Å². The third-order valence-electron chi connectivity index (χ3n) is 2.32. The van der Waals surface area contributed by atoms with Crippen molar-refractivity contribution in [1.82, 2.24) is 9.78 Å². The lowest BCUT2D eigenvalue weighted by Gasteiger charge is -2.11. The van der Waals surface area contributed by atoms with Gasteiger partial charge < -0.3 is 5.73 Å². The minimum absolute atomic E-state index is 0.130. The highest BCUT2D eigenvalue weighted by Crippen LogP contribution is 2.25. The van der Waals surface area contributed by atoms with E-state index in [0.717, 1.165) is 15.6 Å². The summed E-state index contributed by atoms with van der Waals surface area (Å²) in [6, 6.07) is 7.84. The van der Waals surface area contributed by atoms with Gasteiger partial charge in [0.05, 0.1) is 12.2 Å². The molecule has 0 aliphatic carbocycles. The summed E-state index contributed by atoms with van der Waals surface area (Å²) >= 11 is 3.49. The Balaban J connectivity index is 2.36. The monoisotopic (exact) mass is 265 g/mol. The zero-order chi connectivity index (χ0) is 10.8. The molecule has 0 saturated carbocycles. The molecule has 4 heteroatoms. The Morgan fingerprint density at radius 2 is 2.13 bits per heavy atom. The van der Waals surface area contributed by atoms with Gasteiger partial charge in [-0.3, -0.25) is 4.68 Å². The van der Waals surface area contributed by atoms with Crippen LogP contribution in [0.15, 0.2) is 41.1 Å². The first-order chi connectivity index (χ1) is 7.18. The molecule has 0 aliphatic rings. The maximum Gasteiger partial charge on any atom is 0.0594 e. The first kappa shape index (κ1) is 10.4. The van der Waals surface area contributed by atoms with Crippen molar-refractivity contribution < 1.29 is 0 Å². The van der Waals surface area contributed by atoms with Crippen LogP contribution in [0.1, 0.15) is 17.2 Å². The van der Waals surface area contributed by atoms with Gasteiger partial charge in [-0.05, 0) is 11.6 Å². The number of halogens is 1. The topological polar surface area (TPSA) is 43.8 Å². The standard InChI is InChI=1S/C11H12BrN3/c1-15-7-8(6-14-15)11(13)9-4-2-3-5-10(9)12/h2-7,11H,13H2,1H3. The molecule has 0 amide bonds. The Bertz CT molecular complexity index is 464. The van der Waals surface area contributed by atoms with E-state index in [1.165, 1.54) is 0 Å². The van der Waals surface area contributed by atoms with Crippen molar-refractivity contribution in [2.75, 3.05) is 0 Å². The Hall–Kier alpha value is -1.13. The molecule has 0 fully saturated rings. The van der Waals surface area contributed by atoms with Gasteiger partial charge in [0.15, 0.2) is 0 Å². The minimum atomic E-state index is -0.130. The maximum absolute atomic E-state index is 6.15. The van der Waals surface area contributed by atoms with Crippen LogP contribution in [-0.4, -0.2) is 9.78 Å². The fourth-order valence-corrected chi connectivity index (χ4v) is 2.04. The molecule has 0 spiro atoms. The van der Waals surface area contributed by atoms with E-state index < -0.39 is 0 Å². The van der Waals surface area contributed by atoms with Crippen molar-refractivity contribution in [3.63, 3.8) is 0 Å². The highest BCUT2D eigenvalue weighted by molar-refractivity contribution is 9.10. The molecular formula is C11H12BrN3. The highest BCUT2D eigenvalue weighted by Gasteiger charge is 2.12. The first-order valence-corrected chi connectivity index (χ1v) is 5.46. The number of hydrogen-bond donors (Lipinski definition) is 1. The van der Waals surface area contributed by atoms with Gasteiger partial charge in [0.2, 0.25) is 0 Å². The Labute approximate surface area is 97.0 Å². The molecule has 3 nitrogen and oxygen atoms in total. The molecule has 0 radical (unpaired) electrons. The average Bonchev–Trinajstić information content (AvgIpc) is 2.65. The van der Waals surface area contributed by atoms with Crippen LogP contribution in [0.25, 0.3) is 0 Å². The molecule has 2 rings (SSSR count). The minimum Gasteiger partial charge on any atom is -0.320 e. The maximum atomic E-state index is 6.15. The van der Waals surface area contributed by atoms with E-state index in [1.807, 2.05) is 37.5 Å². The SMILES string of the molecule is Cn1cc(C(N)c2ccccc2Br)cn1. The summed E-state index contributed by atoms with van der Waals surface area (Å²) in [7, 11) is 1.89.